The van der Waals surface area contributed by atoms with Gasteiger partial charge in [-0.3, -0.25) is 19.2 Å². The van der Waals surface area contributed by atoms with E-state index in [1.807, 2.05) is 13.8 Å². The van der Waals surface area contributed by atoms with E-state index in [0.717, 1.165) is 38.5 Å². The number of carbonyl (C=O) groups excluding carboxylic acids is 3. The van der Waals surface area contributed by atoms with Gasteiger partial charge in [0.2, 0.25) is 0 Å². The molecule has 0 aliphatic heterocycles. The van der Waals surface area contributed by atoms with Crippen LogP contribution in [0.25, 0.3) is 0 Å². The largest absolute Gasteiger partial charge is 1.00 e. The number of ether oxygens (including phenoxy) is 1. The van der Waals surface area contributed by atoms with E-state index in [4.69, 9.17) is 51.1 Å². The van der Waals surface area contributed by atoms with Crippen LogP contribution in [-0.2, 0) is 14.3 Å². The molecule has 6 aliphatic carbocycles. The van der Waals surface area contributed by atoms with Crippen molar-refractivity contribution in [3.63, 3.8) is 0 Å². The summed E-state index contributed by atoms with van der Waals surface area (Å²) in [6.07, 6.45) is 6.18. The van der Waals surface area contributed by atoms with Gasteiger partial charge >= 0.3 is 63.3 Å². The number of ketones is 2. The first-order valence-electron chi connectivity index (χ1n) is 16.7. The van der Waals surface area contributed by atoms with Crippen LogP contribution in [0.4, 0.5) is 0 Å². The third kappa shape index (κ3) is 9.06. The Hall–Kier alpha value is -0.307. The normalized spacial score (nSPS) is 26.8. The van der Waals surface area contributed by atoms with Crippen LogP contribution in [0.3, 0.4) is 0 Å². The summed E-state index contributed by atoms with van der Waals surface area (Å²) in [5.41, 5.74) is -0.118. The molecular weight excluding hydrogens is 777 g/mol. The molecule has 2 aromatic carbocycles. The first-order chi connectivity index (χ1) is 22.8. The molecule has 0 heterocycles. The molecule has 274 valence electrons. The predicted molar refractivity (Wildman–Crippen MR) is 199 cm³/mol. The minimum atomic E-state index is -1.86. The maximum atomic E-state index is 12.5. The Balaban J connectivity index is 0.000000239. The molecule has 2 aromatic rings. The summed E-state index contributed by atoms with van der Waals surface area (Å²) in [4.78, 5) is 58.6. The number of halogens is 4. The zero-order chi connectivity index (χ0) is 37.9. The van der Waals surface area contributed by atoms with Crippen LogP contribution in [0.2, 0.25) is 39.7 Å². The minimum Gasteiger partial charge on any atom is -0.859 e. The maximum Gasteiger partial charge on any atom is 1.00 e. The van der Waals surface area contributed by atoms with E-state index in [2.05, 4.69) is 0 Å². The molecule has 6 saturated carbocycles. The summed E-state index contributed by atoms with van der Waals surface area (Å²) in [6.45, 7) is 12.8. The molecular formula is C38H47Cl4KO7Si. The monoisotopic (exact) mass is 822 g/mol. The SMILES string of the molecule is CC(C)(C(=O)O)C12CC(CC(=O)c3ccc(Cl)c(Cl)c3)(C1)C2.COC(=O)C(C)(C)C12CC(CC(=O)c3ccc(Cl)c(Cl)c3)(C1)C2.C[Si](C)(C)[O-].[K+]. The molecule has 7 nitrogen and oxygen atoms in total. The molecule has 0 atom stereocenters. The second-order valence-electron chi connectivity index (χ2n) is 17.2. The summed E-state index contributed by atoms with van der Waals surface area (Å²) in [5.74, 6) is -0.772. The predicted octanol–water partition coefficient (Wildman–Crippen LogP) is 6.97. The Labute approximate surface area is 365 Å². The number of esters is 1. The average molecular weight is 825 g/mol. The van der Waals surface area contributed by atoms with Gasteiger partial charge in [-0.1, -0.05) is 74.4 Å². The van der Waals surface area contributed by atoms with Crippen LogP contribution in [-0.4, -0.2) is 44.0 Å². The van der Waals surface area contributed by atoms with Crippen LogP contribution in [0.1, 0.15) is 99.8 Å². The first-order valence-corrected chi connectivity index (χ1v) is 21.7. The standard InChI is InChI=1S/C18H20Cl2O3.C17H18Cl2O3.C3H9OSi.K/c1-16(2,15(22)23-3)18-8-17(9-18,10-18)7-14(21)11-4-5-12(19)13(20)6-11;1-15(2,14(21)22)17-7-16(8-17,9-17)6-13(20)10-3-4-11(18)12(19)5-10;1-5(2,3)4;/h4-6H,7-10H2,1-3H3;3-5H,6-9H2,1-2H3,(H,21,22);1-3H3;/q;;-1;+1. The van der Waals surface area contributed by atoms with Crippen molar-refractivity contribution >= 4 is 78.2 Å². The number of methoxy groups -OCH3 is 1. The number of Topliss-reactive ketones (excluding diaryl/α,β-unsaturated/α-hetero) is 2. The topological polar surface area (TPSA) is 121 Å². The average Bonchev–Trinajstić information content (AvgIpc) is 2.92. The fraction of sp³-hybridized carbons (Fsp3) is 0.579. The van der Waals surface area contributed by atoms with Gasteiger partial charge in [-0.2, -0.15) is 0 Å². The molecule has 0 unspecified atom stereocenters. The number of carbonyl (C=O) groups is 4. The fourth-order valence-electron chi connectivity index (χ4n) is 8.62. The van der Waals surface area contributed by atoms with Crippen molar-refractivity contribution in [3.8, 4) is 0 Å². The molecule has 6 aliphatic rings. The Morgan fingerprint density at radius 1 is 0.706 bits per heavy atom. The van der Waals surface area contributed by atoms with E-state index in [9.17, 15) is 29.1 Å². The van der Waals surface area contributed by atoms with E-state index in [-0.39, 0.29) is 90.6 Å². The summed E-state index contributed by atoms with van der Waals surface area (Å²) in [5, 5.41) is 11.0. The molecule has 0 radical (unpaired) electrons. The number of benzene rings is 2. The van der Waals surface area contributed by atoms with Gasteiger partial charge in [-0.05, 0) is 124 Å². The second-order valence-corrected chi connectivity index (χ2v) is 23.1. The molecule has 0 spiro atoms. The van der Waals surface area contributed by atoms with E-state index >= 15 is 0 Å². The molecule has 8 rings (SSSR count). The minimum absolute atomic E-state index is 0. The quantitative estimate of drug-likeness (QED) is 0.156. The van der Waals surface area contributed by atoms with Crippen molar-refractivity contribution in [3.05, 3.63) is 67.6 Å². The van der Waals surface area contributed by atoms with Gasteiger partial charge in [-0.15, -0.1) is 0 Å². The fourth-order valence-corrected chi connectivity index (χ4v) is 9.22. The van der Waals surface area contributed by atoms with Gasteiger partial charge in [0.1, 0.15) is 0 Å². The Morgan fingerprint density at radius 2 is 1.02 bits per heavy atom. The zero-order valence-corrected chi connectivity index (χ0v) is 38.2. The van der Waals surface area contributed by atoms with E-state index < -0.39 is 25.1 Å². The van der Waals surface area contributed by atoms with Crippen LogP contribution >= 0.6 is 46.4 Å². The molecule has 13 heteroatoms. The number of hydrogen-bond donors (Lipinski definition) is 1. The van der Waals surface area contributed by atoms with Crippen molar-refractivity contribution in [1.82, 2.24) is 0 Å². The number of carboxylic acid groups (broad SMARTS) is 1. The molecule has 6 fully saturated rings. The summed E-state index contributed by atoms with van der Waals surface area (Å²) < 4.78 is 4.94. The number of hydrogen-bond acceptors (Lipinski definition) is 6. The van der Waals surface area contributed by atoms with E-state index in [1.54, 1.807) is 69.9 Å². The van der Waals surface area contributed by atoms with Gasteiger partial charge in [-0.25, -0.2) is 0 Å². The number of aliphatic carboxylic acids is 1. The molecule has 1 N–H and O–H groups in total. The molecule has 0 aromatic heterocycles. The molecule has 0 amide bonds. The van der Waals surface area contributed by atoms with Gasteiger partial charge in [0.25, 0.3) is 0 Å². The van der Waals surface area contributed by atoms with Crippen molar-refractivity contribution in [2.24, 2.45) is 32.5 Å². The van der Waals surface area contributed by atoms with Crippen LogP contribution in [0.15, 0.2) is 36.4 Å². The number of carboxylic acids is 1. The molecule has 51 heavy (non-hydrogen) atoms. The zero-order valence-electron chi connectivity index (χ0n) is 31.0. The first kappa shape index (κ1) is 45.1. The molecule has 4 bridgehead atoms. The van der Waals surface area contributed by atoms with Crippen LogP contribution < -0.4 is 56.2 Å². The Kier molecular flexibility index (Phi) is 13.9. The summed E-state index contributed by atoms with van der Waals surface area (Å²) >= 11 is 23.7. The second kappa shape index (κ2) is 15.7. The summed E-state index contributed by atoms with van der Waals surface area (Å²) in [6, 6.07) is 9.94. The van der Waals surface area contributed by atoms with Crippen molar-refractivity contribution in [2.75, 3.05) is 7.11 Å². The van der Waals surface area contributed by atoms with Gasteiger partial charge in [0.15, 0.2) is 11.6 Å². The van der Waals surface area contributed by atoms with Gasteiger partial charge in [0.05, 0.1) is 38.0 Å². The number of rotatable bonds is 10. The smallest absolute Gasteiger partial charge is 0.859 e. The van der Waals surface area contributed by atoms with Crippen LogP contribution in [0.5, 0.6) is 0 Å². The third-order valence-corrected chi connectivity index (χ3v) is 13.2. The Bertz CT molecular complexity index is 1670. The van der Waals surface area contributed by atoms with Crippen LogP contribution in [0, 0.1) is 32.5 Å². The molecule has 0 saturated heterocycles. The van der Waals surface area contributed by atoms with E-state index in [1.165, 1.54) is 7.11 Å². The van der Waals surface area contributed by atoms with Crippen molar-refractivity contribution in [1.29, 1.82) is 0 Å². The van der Waals surface area contributed by atoms with Crippen molar-refractivity contribution in [2.45, 2.75) is 98.7 Å². The van der Waals surface area contributed by atoms with Crippen molar-refractivity contribution < 1.29 is 85.2 Å². The summed E-state index contributed by atoms with van der Waals surface area (Å²) in [7, 11) is -0.431. The Morgan fingerprint density at radius 3 is 1.29 bits per heavy atom. The van der Waals surface area contributed by atoms with E-state index in [0.29, 0.717) is 44.1 Å². The maximum absolute atomic E-state index is 12.5. The third-order valence-electron chi connectivity index (χ3n) is 11.7. The van der Waals surface area contributed by atoms with Gasteiger partial charge < -0.3 is 14.6 Å². The van der Waals surface area contributed by atoms with Gasteiger partial charge in [0, 0.05) is 24.0 Å².